The first kappa shape index (κ1) is 31.0. The number of carboxylic acid groups (broad SMARTS) is 1. The highest BCUT2D eigenvalue weighted by Gasteiger charge is 2.18. The number of ether oxygens (including phenoxy) is 2. The first-order valence-electron chi connectivity index (χ1n) is 11.5. The lowest BCUT2D eigenvalue weighted by atomic mass is 10.1. The van der Waals surface area contributed by atoms with Crippen molar-refractivity contribution < 1.29 is 29.0 Å². The molecule has 0 aromatic heterocycles. The lowest BCUT2D eigenvalue weighted by Gasteiger charge is -2.16. The lowest BCUT2D eigenvalue weighted by molar-refractivity contribution is -0.146. The second-order valence-electron chi connectivity index (χ2n) is 7.00. The molecule has 0 radical (unpaired) electrons. The Morgan fingerprint density at radius 2 is 1.55 bits per heavy atom. The molecule has 0 rings (SSSR count). The van der Waals surface area contributed by atoms with Crippen LogP contribution in [0.15, 0.2) is 24.3 Å². The normalized spacial score (nSPS) is 11.7. The van der Waals surface area contributed by atoms with Crippen molar-refractivity contribution in [2.45, 2.75) is 90.5 Å². The summed E-state index contributed by atoms with van der Waals surface area (Å²) in [6, 6.07) is -0.320. The number of unbranched alkanes of at least 4 members (excludes halogenated alkanes) is 7. The van der Waals surface area contributed by atoms with Gasteiger partial charge in [0.05, 0.1) is 6.61 Å². The van der Waals surface area contributed by atoms with Gasteiger partial charge in [0, 0.05) is 6.54 Å². The molecule has 0 bridgehead atoms. The van der Waals surface area contributed by atoms with Crippen molar-refractivity contribution in [3.05, 3.63) is 24.3 Å². The van der Waals surface area contributed by atoms with Gasteiger partial charge in [0.2, 0.25) is 0 Å². The highest BCUT2D eigenvalue weighted by molar-refractivity contribution is 5.75. The summed E-state index contributed by atoms with van der Waals surface area (Å²) in [6.07, 6.45) is 21.5. The van der Waals surface area contributed by atoms with Crippen molar-refractivity contribution in [2.75, 3.05) is 19.8 Å². The van der Waals surface area contributed by atoms with Gasteiger partial charge < -0.3 is 19.9 Å². The Morgan fingerprint density at radius 3 is 2.13 bits per heavy atom. The molecule has 0 spiro atoms. The summed E-state index contributed by atoms with van der Waals surface area (Å²) in [6.45, 7) is 5.30. The van der Waals surface area contributed by atoms with E-state index in [4.69, 9.17) is 14.6 Å². The molecule has 1 unspecified atom stereocenters. The molecule has 0 aromatic rings. The topological polar surface area (TPSA) is 102 Å². The van der Waals surface area contributed by atoms with Crippen LogP contribution in [0.5, 0.6) is 0 Å². The third-order valence-corrected chi connectivity index (χ3v) is 4.44. The fourth-order valence-corrected chi connectivity index (χ4v) is 2.87. The monoisotopic (exact) mass is 441 g/mol. The summed E-state index contributed by atoms with van der Waals surface area (Å²) in [7, 11) is 0. The predicted molar refractivity (Wildman–Crippen MR) is 124 cm³/mol. The van der Waals surface area contributed by atoms with E-state index in [1.807, 2.05) is 0 Å². The summed E-state index contributed by atoms with van der Waals surface area (Å²) in [5.74, 6) is -0.223. The highest BCUT2D eigenvalue weighted by Crippen LogP contribution is 2.09. The van der Waals surface area contributed by atoms with Gasteiger partial charge in [-0.05, 0) is 45.4 Å². The van der Waals surface area contributed by atoms with Gasteiger partial charge in [-0.25, -0.2) is 0 Å². The van der Waals surface area contributed by atoms with E-state index in [0.29, 0.717) is 19.6 Å². The molecular weight excluding hydrogens is 398 g/mol. The maximum atomic E-state index is 12.0. The maximum absolute atomic E-state index is 12.0. The van der Waals surface area contributed by atoms with Crippen molar-refractivity contribution in [2.24, 2.45) is 0 Å². The van der Waals surface area contributed by atoms with Crippen molar-refractivity contribution in [3.8, 4) is 0 Å². The zero-order valence-electron chi connectivity index (χ0n) is 19.4. The van der Waals surface area contributed by atoms with Gasteiger partial charge in [0.25, 0.3) is 12.9 Å². The number of hydrogen-bond donors (Lipinski definition) is 2. The van der Waals surface area contributed by atoms with Gasteiger partial charge in [-0.15, -0.1) is 0 Å². The molecule has 0 aliphatic carbocycles. The first-order chi connectivity index (χ1) is 15.2. The van der Waals surface area contributed by atoms with Crippen LogP contribution >= 0.6 is 0 Å². The van der Waals surface area contributed by atoms with Crippen LogP contribution in [0, 0.1) is 0 Å². The Labute approximate surface area is 188 Å². The van der Waals surface area contributed by atoms with Gasteiger partial charge in [-0.3, -0.25) is 14.4 Å². The second kappa shape index (κ2) is 27.8. The minimum atomic E-state index is -0.320. The van der Waals surface area contributed by atoms with Crippen LogP contribution in [0.4, 0.5) is 0 Å². The molecule has 1 atom stereocenters. The van der Waals surface area contributed by atoms with Crippen LogP contribution < -0.4 is 5.32 Å². The fraction of sp³-hybridized carbons (Fsp3) is 0.708. The third-order valence-electron chi connectivity index (χ3n) is 4.44. The molecule has 180 valence electrons. The Balaban J connectivity index is 0. The largest absolute Gasteiger partial charge is 0.483 e. The number of rotatable bonds is 20. The first-order valence-corrected chi connectivity index (χ1v) is 11.5. The maximum Gasteiger partial charge on any atom is 0.323 e. The second-order valence-corrected chi connectivity index (χ2v) is 7.00. The number of carbonyl (C=O) groups is 3. The summed E-state index contributed by atoms with van der Waals surface area (Å²) < 4.78 is 9.75. The molecule has 0 aliphatic rings. The average Bonchev–Trinajstić information content (AvgIpc) is 2.76. The van der Waals surface area contributed by atoms with E-state index in [1.54, 1.807) is 6.92 Å². The van der Waals surface area contributed by atoms with Gasteiger partial charge in [0.15, 0.2) is 0 Å². The molecule has 0 heterocycles. The van der Waals surface area contributed by atoms with E-state index in [9.17, 15) is 9.59 Å². The number of hydrogen-bond acceptors (Lipinski definition) is 6. The standard InChI is InChI=1S/C23H41NO4.CH2O2/c1-3-5-6-7-8-9-10-11-12-13-14-15-16-17-18-22(23(26)28-4-2)24-19-20-27-21-25;2-1-3/h8-9,11-12,21-22,24H,3-7,10,13-20H2,1-2H3;1H,(H,2,3)/b9-8-,12-11-;. The highest BCUT2D eigenvalue weighted by atomic mass is 16.5. The zero-order chi connectivity index (χ0) is 23.4. The molecule has 0 saturated heterocycles. The zero-order valence-corrected chi connectivity index (χ0v) is 19.4. The molecule has 0 saturated carbocycles. The summed E-state index contributed by atoms with van der Waals surface area (Å²) in [4.78, 5) is 30.5. The number of allylic oxidation sites excluding steroid dienone is 4. The van der Waals surface area contributed by atoms with E-state index < -0.39 is 0 Å². The van der Waals surface area contributed by atoms with Crippen molar-refractivity contribution in [1.82, 2.24) is 5.32 Å². The summed E-state index contributed by atoms with van der Waals surface area (Å²) in [5.41, 5.74) is 0. The van der Waals surface area contributed by atoms with E-state index in [0.717, 1.165) is 32.1 Å². The minimum Gasteiger partial charge on any atom is -0.483 e. The van der Waals surface area contributed by atoms with Gasteiger partial charge in [0.1, 0.15) is 12.6 Å². The SMILES string of the molecule is CCCCC/C=C\C/C=C\CCCCCCC(NCCOC=O)C(=O)OCC.O=CO. The molecule has 7 nitrogen and oxygen atoms in total. The Hall–Kier alpha value is -2.15. The van der Waals surface area contributed by atoms with Crippen LogP contribution in [0.1, 0.15) is 84.5 Å². The fourth-order valence-electron chi connectivity index (χ4n) is 2.87. The molecule has 0 aromatic carbocycles. The quantitative estimate of drug-likeness (QED) is 0.121. The molecule has 0 fully saturated rings. The Morgan fingerprint density at radius 1 is 0.935 bits per heavy atom. The minimum absolute atomic E-state index is 0.223. The van der Waals surface area contributed by atoms with Crippen LogP contribution in [-0.2, 0) is 23.9 Å². The molecule has 0 amide bonds. The van der Waals surface area contributed by atoms with Gasteiger partial charge >= 0.3 is 5.97 Å². The summed E-state index contributed by atoms with van der Waals surface area (Å²) in [5, 5.41) is 10.00. The molecule has 31 heavy (non-hydrogen) atoms. The van der Waals surface area contributed by atoms with Crippen molar-refractivity contribution in [3.63, 3.8) is 0 Å². The van der Waals surface area contributed by atoms with Crippen LogP contribution in [-0.4, -0.2) is 49.8 Å². The summed E-state index contributed by atoms with van der Waals surface area (Å²) >= 11 is 0. The van der Waals surface area contributed by atoms with Crippen LogP contribution in [0.3, 0.4) is 0 Å². The average molecular weight is 442 g/mol. The van der Waals surface area contributed by atoms with E-state index >= 15 is 0 Å². The Bertz CT molecular complexity index is 465. The lowest BCUT2D eigenvalue weighted by Crippen LogP contribution is -2.39. The van der Waals surface area contributed by atoms with Crippen LogP contribution in [0.2, 0.25) is 0 Å². The molecule has 0 aliphatic heterocycles. The van der Waals surface area contributed by atoms with E-state index in [1.165, 1.54) is 38.5 Å². The van der Waals surface area contributed by atoms with E-state index in [2.05, 4.69) is 41.3 Å². The smallest absolute Gasteiger partial charge is 0.323 e. The number of esters is 1. The van der Waals surface area contributed by atoms with Crippen molar-refractivity contribution >= 4 is 18.9 Å². The van der Waals surface area contributed by atoms with E-state index in [-0.39, 0.29) is 25.1 Å². The number of nitrogens with one attached hydrogen (secondary N) is 1. The Kier molecular flexibility index (Phi) is 27.9. The van der Waals surface area contributed by atoms with Gasteiger partial charge in [-0.2, -0.15) is 0 Å². The molecular formula is C24H43NO6. The molecule has 7 heteroatoms. The predicted octanol–water partition coefficient (Wildman–Crippen LogP) is 4.80. The van der Waals surface area contributed by atoms with Crippen molar-refractivity contribution in [1.29, 1.82) is 0 Å². The third kappa shape index (κ3) is 25.8. The van der Waals surface area contributed by atoms with Gasteiger partial charge in [-0.1, -0.05) is 63.3 Å². The molecule has 2 N–H and O–H groups in total. The van der Waals surface area contributed by atoms with Crippen LogP contribution in [0.25, 0.3) is 0 Å². The number of carbonyl (C=O) groups excluding carboxylic acids is 2.